The van der Waals surface area contributed by atoms with Crippen molar-refractivity contribution in [3.63, 3.8) is 0 Å². The molecule has 0 aromatic heterocycles. The zero-order valence-electron chi connectivity index (χ0n) is 8.08. The molecular weight excluding hydrogens is 164 g/mol. The first kappa shape index (κ1) is 10.2. The third-order valence-electron chi connectivity index (χ3n) is 2.55. The highest BCUT2D eigenvalue weighted by atomic mass is 16.1. The molecule has 72 valence electrons. The van der Waals surface area contributed by atoms with E-state index < -0.39 is 0 Å². The second kappa shape index (κ2) is 4.95. The van der Waals surface area contributed by atoms with Gasteiger partial charge in [0.05, 0.1) is 0 Å². The molecular formula is C11H16O2. The predicted octanol–water partition coefficient (Wildman–Crippen LogP) is 2.28. The molecule has 0 bridgehead atoms. The Morgan fingerprint density at radius 3 is 3.00 bits per heavy atom. The van der Waals surface area contributed by atoms with Gasteiger partial charge < -0.3 is 0 Å². The van der Waals surface area contributed by atoms with Gasteiger partial charge in [0.25, 0.3) is 0 Å². The van der Waals surface area contributed by atoms with Crippen LogP contribution in [-0.4, -0.2) is 12.1 Å². The molecule has 1 fully saturated rings. The fourth-order valence-electron chi connectivity index (χ4n) is 1.93. The first-order chi connectivity index (χ1) is 6.22. The van der Waals surface area contributed by atoms with Crippen LogP contribution in [0.1, 0.15) is 39.0 Å². The Labute approximate surface area is 79.0 Å². The lowest BCUT2D eigenvalue weighted by Gasteiger charge is -2.20. The Morgan fingerprint density at radius 1 is 1.62 bits per heavy atom. The van der Waals surface area contributed by atoms with Crippen LogP contribution in [0.15, 0.2) is 11.6 Å². The van der Waals surface area contributed by atoms with Crippen molar-refractivity contribution in [1.29, 1.82) is 0 Å². The van der Waals surface area contributed by atoms with Crippen LogP contribution in [0.2, 0.25) is 0 Å². The Morgan fingerprint density at radius 2 is 2.38 bits per heavy atom. The van der Waals surface area contributed by atoms with Gasteiger partial charge in [-0.1, -0.05) is 5.57 Å². The van der Waals surface area contributed by atoms with E-state index in [1.54, 1.807) is 6.08 Å². The number of allylic oxidation sites excluding steroid dienone is 2. The average Bonchev–Trinajstić information content (AvgIpc) is 2.04. The van der Waals surface area contributed by atoms with Crippen molar-refractivity contribution in [1.82, 2.24) is 0 Å². The number of aldehydes is 1. The third-order valence-corrected chi connectivity index (χ3v) is 2.55. The SMILES string of the molecule is C/C(=C\C=O)CC1CCCC(=O)C1. The van der Waals surface area contributed by atoms with Crippen molar-refractivity contribution in [2.75, 3.05) is 0 Å². The lowest BCUT2D eigenvalue weighted by atomic mass is 9.84. The van der Waals surface area contributed by atoms with Gasteiger partial charge in [-0.25, -0.2) is 0 Å². The molecule has 0 amide bonds. The van der Waals surface area contributed by atoms with Gasteiger partial charge in [0.15, 0.2) is 0 Å². The maximum absolute atomic E-state index is 11.1. The van der Waals surface area contributed by atoms with Gasteiger partial charge in [0.1, 0.15) is 12.1 Å². The number of hydrogen-bond acceptors (Lipinski definition) is 2. The van der Waals surface area contributed by atoms with Gasteiger partial charge in [0, 0.05) is 12.8 Å². The topological polar surface area (TPSA) is 34.1 Å². The Balaban J connectivity index is 2.39. The fraction of sp³-hybridized carbons (Fsp3) is 0.636. The van der Waals surface area contributed by atoms with E-state index in [-0.39, 0.29) is 0 Å². The summed E-state index contributed by atoms with van der Waals surface area (Å²) in [6, 6.07) is 0. The molecule has 13 heavy (non-hydrogen) atoms. The molecule has 1 saturated carbocycles. The Hall–Kier alpha value is -0.920. The number of hydrogen-bond donors (Lipinski definition) is 0. The van der Waals surface area contributed by atoms with E-state index in [4.69, 9.17) is 0 Å². The highest BCUT2D eigenvalue weighted by molar-refractivity contribution is 5.79. The minimum Gasteiger partial charge on any atom is -0.300 e. The normalized spacial score (nSPS) is 24.5. The quantitative estimate of drug-likeness (QED) is 0.493. The van der Waals surface area contributed by atoms with E-state index in [1.165, 1.54) is 0 Å². The van der Waals surface area contributed by atoms with Crippen molar-refractivity contribution in [3.8, 4) is 0 Å². The summed E-state index contributed by atoms with van der Waals surface area (Å²) in [7, 11) is 0. The van der Waals surface area contributed by atoms with Crippen LogP contribution < -0.4 is 0 Å². The van der Waals surface area contributed by atoms with Crippen LogP contribution in [0.3, 0.4) is 0 Å². The van der Waals surface area contributed by atoms with E-state index in [0.717, 1.165) is 37.5 Å². The van der Waals surface area contributed by atoms with Crippen LogP contribution in [0.5, 0.6) is 0 Å². The average molecular weight is 180 g/mol. The molecule has 1 aliphatic carbocycles. The van der Waals surface area contributed by atoms with Gasteiger partial charge in [0.2, 0.25) is 0 Å². The maximum atomic E-state index is 11.1. The first-order valence-corrected chi connectivity index (χ1v) is 4.85. The number of carbonyl (C=O) groups is 2. The van der Waals surface area contributed by atoms with Gasteiger partial charge in [-0.05, 0) is 38.2 Å². The van der Waals surface area contributed by atoms with Crippen LogP contribution in [0.25, 0.3) is 0 Å². The summed E-state index contributed by atoms with van der Waals surface area (Å²) in [4.78, 5) is 21.3. The van der Waals surface area contributed by atoms with Crippen LogP contribution >= 0.6 is 0 Å². The zero-order chi connectivity index (χ0) is 9.68. The van der Waals surface area contributed by atoms with E-state index in [9.17, 15) is 9.59 Å². The minimum atomic E-state index is 0.384. The minimum absolute atomic E-state index is 0.384. The number of Topliss-reactive ketones (excluding diaryl/α,β-unsaturated/α-hetero) is 1. The molecule has 1 rings (SSSR count). The largest absolute Gasteiger partial charge is 0.300 e. The van der Waals surface area contributed by atoms with E-state index >= 15 is 0 Å². The van der Waals surface area contributed by atoms with Crippen LogP contribution in [0, 0.1) is 5.92 Å². The third kappa shape index (κ3) is 3.53. The smallest absolute Gasteiger partial charge is 0.142 e. The molecule has 0 heterocycles. The monoisotopic (exact) mass is 180 g/mol. The predicted molar refractivity (Wildman–Crippen MR) is 51.4 cm³/mol. The number of ketones is 1. The molecule has 1 atom stereocenters. The summed E-state index contributed by atoms with van der Waals surface area (Å²) in [6.07, 6.45) is 6.95. The van der Waals surface area contributed by atoms with Gasteiger partial charge in [-0.3, -0.25) is 9.59 Å². The van der Waals surface area contributed by atoms with Gasteiger partial charge in [-0.2, -0.15) is 0 Å². The van der Waals surface area contributed by atoms with E-state index in [1.807, 2.05) is 6.92 Å². The molecule has 1 aliphatic rings. The van der Waals surface area contributed by atoms with E-state index in [2.05, 4.69) is 0 Å². The second-order valence-corrected chi connectivity index (χ2v) is 3.85. The first-order valence-electron chi connectivity index (χ1n) is 4.85. The van der Waals surface area contributed by atoms with Gasteiger partial charge in [-0.15, -0.1) is 0 Å². The number of carbonyl (C=O) groups excluding carboxylic acids is 2. The molecule has 1 unspecified atom stereocenters. The van der Waals surface area contributed by atoms with Crippen molar-refractivity contribution in [2.24, 2.45) is 5.92 Å². The second-order valence-electron chi connectivity index (χ2n) is 3.85. The lowest BCUT2D eigenvalue weighted by Crippen LogP contribution is -2.15. The Bertz CT molecular complexity index is 228. The van der Waals surface area contributed by atoms with Crippen molar-refractivity contribution < 1.29 is 9.59 Å². The maximum Gasteiger partial charge on any atom is 0.142 e. The highest BCUT2D eigenvalue weighted by Crippen LogP contribution is 2.26. The summed E-state index contributed by atoms with van der Waals surface area (Å²) < 4.78 is 0. The molecule has 0 N–H and O–H groups in total. The fourth-order valence-corrected chi connectivity index (χ4v) is 1.93. The summed E-state index contributed by atoms with van der Waals surface area (Å²) in [5.41, 5.74) is 1.09. The Kier molecular flexibility index (Phi) is 3.87. The number of rotatable bonds is 3. The molecule has 0 radical (unpaired) electrons. The summed E-state index contributed by atoms with van der Waals surface area (Å²) in [6.45, 7) is 1.95. The molecule has 0 aromatic carbocycles. The lowest BCUT2D eigenvalue weighted by molar-refractivity contribution is -0.121. The standard InChI is InChI=1S/C11H16O2/c1-9(5-6-12)7-10-3-2-4-11(13)8-10/h5-6,10H,2-4,7-8H2,1H3/b9-5+. The molecule has 0 aliphatic heterocycles. The molecule has 0 spiro atoms. The van der Waals surface area contributed by atoms with Crippen LogP contribution in [-0.2, 0) is 9.59 Å². The summed E-state index contributed by atoms with van der Waals surface area (Å²) in [5.74, 6) is 0.868. The molecule has 0 aromatic rings. The summed E-state index contributed by atoms with van der Waals surface area (Å²) >= 11 is 0. The van der Waals surface area contributed by atoms with Crippen molar-refractivity contribution in [3.05, 3.63) is 11.6 Å². The molecule has 2 nitrogen and oxygen atoms in total. The van der Waals surface area contributed by atoms with Crippen molar-refractivity contribution in [2.45, 2.75) is 39.0 Å². The molecule has 0 saturated heterocycles. The zero-order valence-corrected chi connectivity index (χ0v) is 8.08. The van der Waals surface area contributed by atoms with Crippen LogP contribution in [0.4, 0.5) is 0 Å². The highest BCUT2D eigenvalue weighted by Gasteiger charge is 2.19. The van der Waals surface area contributed by atoms with Gasteiger partial charge >= 0.3 is 0 Å². The summed E-state index contributed by atoms with van der Waals surface area (Å²) in [5, 5.41) is 0. The van der Waals surface area contributed by atoms with Crippen molar-refractivity contribution >= 4 is 12.1 Å². The molecule has 2 heteroatoms. The van der Waals surface area contributed by atoms with E-state index in [0.29, 0.717) is 18.1 Å².